The van der Waals surface area contributed by atoms with Crippen LogP contribution in [0.3, 0.4) is 0 Å². The summed E-state index contributed by atoms with van der Waals surface area (Å²) in [5.74, 6) is 2.12. The number of halogens is 1. The molecule has 0 amide bonds. The van der Waals surface area contributed by atoms with Gasteiger partial charge in [-0.05, 0) is 57.1 Å². The highest BCUT2D eigenvalue weighted by molar-refractivity contribution is 14.0. The van der Waals surface area contributed by atoms with E-state index < -0.39 is 0 Å². The van der Waals surface area contributed by atoms with E-state index in [1.54, 1.807) is 0 Å². The zero-order chi connectivity index (χ0) is 19.4. The van der Waals surface area contributed by atoms with Gasteiger partial charge in [0, 0.05) is 50.8 Å². The number of guanidine groups is 1. The molecule has 28 heavy (non-hydrogen) atoms. The van der Waals surface area contributed by atoms with Crippen molar-refractivity contribution in [2.45, 2.75) is 70.5 Å². The van der Waals surface area contributed by atoms with E-state index in [2.05, 4.69) is 43.2 Å². The number of hydrogen-bond acceptors (Lipinski definition) is 4. The topological polar surface area (TPSA) is 54.9 Å². The van der Waals surface area contributed by atoms with Crippen LogP contribution < -0.4 is 10.6 Å². The van der Waals surface area contributed by atoms with Gasteiger partial charge in [0.05, 0.1) is 0 Å². The van der Waals surface area contributed by atoms with Crippen molar-refractivity contribution in [2.75, 3.05) is 51.8 Å². The second-order valence-electron chi connectivity index (χ2n) is 7.93. The Hall–Kier alpha value is 0.270. The van der Waals surface area contributed by atoms with E-state index in [4.69, 9.17) is 14.5 Å². The van der Waals surface area contributed by atoms with Crippen LogP contribution in [0.5, 0.6) is 0 Å². The molecule has 0 bridgehead atoms. The summed E-state index contributed by atoms with van der Waals surface area (Å²) in [6, 6.07) is 0. The van der Waals surface area contributed by atoms with Crippen molar-refractivity contribution < 1.29 is 9.47 Å². The van der Waals surface area contributed by atoms with Crippen LogP contribution in [0.15, 0.2) is 4.99 Å². The van der Waals surface area contributed by atoms with Gasteiger partial charge < -0.3 is 20.1 Å². The molecular weight excluding hydrogens is 485 g/mol. The Kier molecular flexibility index (Phi) is 13.4. The number of ether oxygens (including phenoxy) is 2. The third-order valence-corrected chi connectivity index (χ3v) is 7.45. The zero-order valence-corrected chi connectivity index (χ0v) is 21.3. The van der Waals surface area contributed by atoms with Gasteiger partial charge in [-0.15, -0.1) is 24.0 Å². The summed E-state index contributed by atoms with van der Waals surface area (Å²) < 4.78 is 11.5. The zero-order valence-electron chi connectivity index (χ0n) is 18.2. The van der Waals surface area contributed by atoms with E-state index in [9.17, 15) is 0 Å². The fourth-order valence-electron chi connectivity index (χ4n) is 4.30. The average Bonchev–Trinajstić information content (AvgIpc) is 3.14. The number of rotatable bonds is 11. The molecule has 0 aromatic carbocycles. The van der Waals surface area contributed by atoms with Crippen LogP contribution in [0.1, 0.15) is 65.7 Å². The van der Waals surface area contributed by atoms with Crippen molar-refractivity contribution in [1.82, 2.24) is 10.6 Å². The molecule has 0 unspecified atom stereocenters. The molecule has 0 aromatic heterocycles. The van der Waals surface area contributed by atoms with Crippen LogP contribution in [0, 0.1) is 5.41 Å². The van der Waals surface area contributed by atoms with Crippen LogP contribution >= 0.6 is 35.7 Å². The van der Waals surface area contributed by atoms with Gasteiger partial charge in [0.25, 0.3) is 0 Å². The van der Waals surface area contributed by atoms with Crippen molar-refractivity contribution in [3.8, 4) is 0 Å². The first-order chi connectivity index (χ1) is 13.2. The Morgan fingerprint density at radius 1 is 1.07 bits per heavy atom. The standard InChI is InChI=1S/C21H41N3O2S.HI/c1-4-22-19(24-18-21(27-6-3)12-15-26-16-13-21)23-17-20(9-7-8-10-20)11-14-25-5-2;/h4-18H2,1-3H3,(H2,22,23,24);1H. The van der Waals surface area contributed by atoms with E-state index in [1.807, 2.05) is 0 Å². The molecule has 0 radical (unpaired) electrons. The van der Waals surface area contributed by atoms with Crippen LogP contribution in [0.2, 0.25) is 0 Å². The van der Waals surface area contributed by atoms with E-state index in [0.717, 1.165) is 77.0 Å². The van der Waals surface area contributed by atoms with Crippen molar-refractivity contribution in [3.05, 3.63) is 0 Å². The molecule has 0 spiro atoms. The first-order valence-electron chi connectivity index (χ1n) is 11.0. The summed E-state index contributed by atoms with van der Waals surface area (Å²) in [6.07, 6.45) is 8.62. The normalized spacial score (nSPS) is 21.2. The van der Waals surface area contributed by atoms with Gasteiger partial charge >= 0.3 is 0 Å². The highest BCUT2D eigenvalue weighted by Gasteiger charge is 2.34. The van der Waals surface area contributed by atoms with Crippen LogP contribution in [-0.4, -0.2) is 62.5 Å². The van der Waals surface area contributed by atoms with Crippen molar-refractivity contribution in [2.24, 2.45) is 10.4 Å². The first kappa shape index (κ1) is 26.3. The van der Waals surface area contributed by atoms with Crippen molar-refractivity contribution >= 4 is 41.7 Å². The lowest BCUT2D eigenvalue weighted by atomic mass is 9.83. The maximum absolute atomic E-state index is 5.65. The van der Waals surface area contributed by atoms with Crippen LogP contribution in [0.4, 0.5) is 0 Å². The van der Waals surface area contributed by atoms with E-state index in [0.29, 0.717) is 5.41 Å². The lowest BCUT2D eigenvalue weighted by molar-refractivity contribution is 0.0782. The number of hydrogen-bond donors (Lipinski definition) is 2. The van der Waals surface area contributed by atoms with Gasteiger partial charge in [-0.25, -0.2) is 0 Å². The third kappa shape index (κ3) is 8.56. The second kappa shape index (κ2) is 14.3. The quantitative estimate of drug-likeness (QED) is 0.180. The lowest BCUT2D eigenvalue weighted by Crippen LogP contribution is -2.48. The molecule has 2 rings (SSSR count). The fraction of sp³-hybridized carbons (Fsp3) is 0.952. The Balaban J connectivity index is 0.00000392. The van der Waals surface area contributed by atoms with Gasteiger partial charge in [-0.3, -0.25) is 4.99 Å². The number of thioether (sulfide) groups is 1. The summed E-state index contributed by atoms with van der Waals surface area (Å²) in [6.45, 7) is 12.7. The summed E-state index contributed by atoms with van der Waals surface area (Å²) in [5.41, 5.74) is 0.339. The number of nitrogens with zero attached hydrogens (tertiary/aromatic N) is 1. The van der Waals surface area contributed by atoms with Crippen LogP contribution in [-0.2, 0) is 9.47 Å². The van der Waals surface area contributed by atoms with E-state index in [-0.39, 0.29) is 28.7 Å². The molecule has 1 aliphatic heterocycles. The molecule has 1 saturated carbocycles. The maximum Gasteiger partial charge on any atom is 0.191 e. The summed E-state index contributed by atoms with van der Waals surface area (Å²) in [7, 11) is 0. The average molecular weight is 528 g/mol. The van der Waals surface area contributed by atoms with Gasteiger partial charge in [-0.1, -0.05) is 19.8 Å². The minimum Gasteiger partial charge on any atom is -0.382 e. The summed E-state index contributed by atoms with van der Waals surface area (Å²) in [4.78, 5) is 5.02. The molecule has 1 aliphatic carbocycles. The molecule has 7 heteroatoms. The smallest absolute Gasteiger partial charge is 0.191 e. The Labute approximate surface area is 194 Å². The molecule has 2 N–H and O–H groups in total. The summed E-state index contributed by atoms with van der Waals surface area (Å²) in [5, 5.41) is 7.11. The fourth-order valence-corrected chi connectivity index (χ4v) is 5.54. The highest BCUT2D eigenvalue weighted by Crippen LogP contribution is 2.41. The Morgan fingerprint density at radius 2 is 1.79 bits per heavy atom. The minimum atomic E-state index is 0. The van der Waals surface area contributed by atoms with Gasteiger partial charge in [-0.2, -0.15) is 11.8 Å². The van der Waals surface area contributed by atoms with Gasteiger partial charge in [0.1, 0.15) is 0 Å². The second-order valence-corrected chi connectivity index (χ2v) is 9.66. The molecule has 1 saturated heterocycles. The van der Waals surface area contributed by atoms with E-state index >= 15 is 0 Å². The first-order valence-corrected chi connectivity index (χ1v) is 12.0. The largest absolute Gasteiger partial charge is 0.382 e. The molecule has 2 fully saturated rings. The molecule has 0 aromatic rings. The third-order valence-electron chi connectivity index (χ3n) is 5.99. The molecule has 2 aliphatic rings. The minimum absolute atomic E-state index is 0. The Bertz CT molecular complexity index is 434. The molecule has 0 atom stereocenters. The molecular formula is C21H42IN3O2S. The van der Waals surface area contributed by atoms with Gasteiger partial charge in [0.15, 0.2) is 5.96 Å². The monoisotopic (exact) mass is 527 g/mol. The molecule has 5 nitrogen and oxygen atoms in total. The Morgan fingerprint density at radius 3 is 2.39 bits per heavy atom. The summed E-state index contributed by atoms with van der Waals surface area (Å²) >= 11 is 2.07. The molecule has 166 valence electrons. The SMILES string of the molecule is CCNC(=NCC1(CCOCC)CCCC1)NCC1(SCC)CCOCC1.I. The predicted molar refractivity (Wildman–Crippen MR) is 132 cm³/mol. The van der Waals surface area contributed by atoms with E-state index in [1.165, 1.54) is 25.7 Å². The van der Waals surface area contributed by atoms with Crippen molar-refractivity contribution in [1.29, 1.82) is 0 Å². The lowest BCUT2D eigenvalue weighted by Gasteiger charge is -2.37. The highest BCUT2D eigenvalue weighted by atomic mass is 127. The maximum atomic E-state index is 5.65. The van der Waals surface area contributed by atoms with Crippen molar-refractivity contribution in [3.63, 3.8) is 0 Å². The predicted octanol–water partition coefficient (Wildman–Crippen LogP) is 4.45. The molecule has 1 heterocycles. The number of nitrogens with one attached hydrogen (secondary N) is 2. The number of aliphatic imine (C=N–C) groups is 1. The van der Waals surface area contributed by atoms with Gasteiger partial charge in [0.2, 0.25) is 0 Å². The van der Waals surface area contributed by atoms with Crippen LogP contribution in [0.25, 0.3) is 0 Å².